The van der Waals surface area contributed by atoms with Gasteiger partial charge in [-0.2, -0.15) is 0 Å². The molecule has 1 aromatic heterocycles. The number of likely N-dealkylation sites (tertiary alicyclic amines) is 1. The van der Waals surface area contributed by atoms with E-state index in [0.29, 0.717) is 5.95 Å². The van der Waals surface area contributed by atoms with Crippen molar-refractivity contribution in [1.82, 2.24) is 19.4 Å². The van der Waals surface area contributed by atoms with Crippen molar-refractivity contribution in [2.45, 2.75) is 59.0 Å². The minimum atomic E-state index is -0.130. The van der Waals surface area contributed by atoms with Crippen molar-refractivity contribution in [3.05, 3.63) is 24.3 Å². The molecule has 1 aromatic carbocycles. The third kappa shape index (κ3) is 4.92. The fourth-order valence-corrected chi connectivity index (χ4v) is 4.04. The standard InChI is InChI=1S/C22H35N5O/c1-4-25(5-2)16-17-27-20-13-9-8-12-19(20)23-22(27)24-21(28)18(3)26-14-10-6-7-11-15-26/h8-9,12-13,18H,4-7,10-11,14-17H2,1-3H3,(H,23,24,28). The highest BCUT2D eigenvalue weighted by Gasteiger charge is 2.24. The van der Waals surface area contributed by atoms with E-state index in [4.69, 9.17) is 4.98 Å². The van der Waals surface area contributed by atoms with Crippen LogP contribution in [-0.2, 0) is 11.3 Å². The predicted octanol–water partition coefficient (Wildman–Crippen LogP) is 3.58. The van der Waals surface area contributed by atoms with Crippen LogP contribution < -0.4 is 5.32 Å². The number of fused-ring (bicyclic) bond motifs is 1. The first kappa shape index (κ1) is 20.8. The second kappa shape index (κ2) is 10.0. The van der Waals surface area contributed by atoms with Gasteiger partial charge in [0.05, 0.1) is 17.1 Å². The number of nitrogens with zero attached hydrogens (tertiary/aromatic N) is 4. The summed E-state index contributed by atoms with van der Waals surface area (Å²) in [6, 6.07) is 7.99. The van der Waals surface area contributed by atoms with Gasteiger partial charge in [0, 0.05) is 13.1 Å². The Labute approximate surface area is 168 Å². The van der Waals surface area contributed by atoms with E-state index < -0.39 is 0 Å². The third-order valence-corrected chi connectivity index (χ3v) is 5.99. The summed E-state index contributed by atoms with van der Waals surface area (Å²) in [5.74, 6) is 0.710. The molecule has 2 heterocycles. The number of carbonyl (C=O) groups excluding carboxylic acids is 1. The van der Waals surface area contributed by atoms with Gasteiger partial charge in [-0.25, -0.2) is 4.98 Å². The molecular weight excluding hydrogens is 350 g/mol. The van der Waals surface area contributed by atoms with Crippen LogP contribution in [0.25, 0.3) is 11.0 Å². The van der Waals surface area contributed by atoms with E-state index in [1.54, 1.807) is 0 Å². The first-order valence-electron chi connectivity index (χ1n) is 10.9. The maximum atomic E-state index is 13.0. The summed E-state index contributed by atoms with van der Waals surface area (Å²) in [6.07, 6.45) is 4.90. The quantitative estimate of drug-likeness (QED) is 0.755. The Kier molecular flexibility index (Phi) is 7.45. The fourth-order valence-electron chi connectivity index (χ4n) is 4.04. The number of anilines is 1. The molecular formula is C22H35N5O. The zero-order chi connectivity index (χ0) is 19.9. The first-order valence-corrected chi connectivity index (χ1v) is 10.9. The van der Waals surface area contributed by atoms with Crippen LogP contribution in [0.4, 0.5) is 5.95 Å². The average molecular weight is 386 g/mol. The SMILES string of the molecule is CCN(CC)CCn1c(NC(=O)C(C)N2CCCCCC2)nc2ccccc21. The van der Waals surface area contributed by atoms with Gasteiger partial charge >= 0.3 is 0 Å². The molecule has 1 aliphatic rings. The van der Waals surface area contributed by atoms with E-state index >= 15 is 0 Å². The lowest BCUT2D eigenvalue weighted by Gasteiger charge is -2.26. The highest BCUT2D eigenvalue weighted by Crippen LogP contribution is 2.21. The zero-order valence-electron chi connectivity index (χ0n) is 17.7. The molecule has 1 saturated heterocycles. The molecule has 1 unspecified atom stereocenters. The van der Waals surface area contributed by atoms with Crippen LogP contribution in [0.15, 0.2) is 24.3 Å². The van der Waals surface area contributed by atoms with E-state index in [-0.39, 0.29) is 11.9 Å². The molecule has 0 spiro atoms. The van der Waals surface area contributed by atoms with Gasteiger partial charge in [0.2, 0.25) is 11.9 Å². The second-order valence-corrected chi connectivity index (χ2v) is 7.72. The van der Waals surface area contributed by atoms with Gasteiger partial charge in [0.1, 0.15) is 0 Å². The average Bonchev–Trinajstić information content (AvgIpc) is 2.87. The van der Waals surface area contributed by atoms with E-state index in [9.17, 15) is 4.79 Å². The van der Waals surface area contributed by atoms with Crippen LogP contribution in [0.3, 0.4) is 0 Å². The smallest absolute Gasteiger partial charge is 0.243 e. The molecule has 1 atom stereocenters. The van der Waals surface area contributed by atoms with Gasteiger partial charge in [-0.05, 0) is 58.1 Å². The zero-order valence-corrected chi connectivity index (χ0v) is 17.7. The molecule has 0 saturated carbocycles. The fraction of sp³-hybridized carbons (Fsp3) is 0.636. The number of nitrogens with one attached hydrogen (secondary N) is 1. The summed E-state index contributed by atoms with van der Waals surface area (Å²) in [5.41, 5.74) is 2.01. The molecule has 3 rings (SSSR count). The molecule has 2 aromatic rings. The molecule has 0 bridgehead atoms. The summed E-state index contributed by atoms with van der Waals surface area (Å²) in [6.45, 7) is 12.2. The molecule has 6 nitrogen and oxygen atoms in total. The Morgan fingerprint density at radius 3 is 2.50 bits per heavy atom. The third-order valence-electron chi connectivity index (χ3n) is 5.99. The van der Waals surface area contributed by atoms with Crippen LogP contribution in [-0.4, -0.2) is 64.0 Å². The minimum absolute atomic E-state index is 0.0429. The van der Waals surface area contributed by atoms with E-state index in [1.165, 1.54) is 25.7 Å². The number of para-hydroxylation sites is 2. The number of amides is 1. The molecule has 1 aliphatic heterocycles. The van der Waals surface area contributed by atoms with Gasteiger partial charge < -0.3 is 9.47 Å². The predicted molar refractivity (Wildman–Crippen MR) is 116 cm³/mol. The Bertz CT molecular complexity index is 759. The molecule has 154 valence electrons. The van der Waals surface area contributed by atoms with Crippen LogP contribution in [0, 0.1) is 0 Å². The van der Waals surface area contributed by atoms with Crippen LogP contribution in [0.2, 0.25) is 0 Å². The largest absolute Gasteiger partial charge is 0.309 e. The minimum Gasteiger partial charge on any atom is -0.309 e. The van der Waals surface area contributed by atoms with Crippen molar-refractivity contribution in [3.63, 3.8) is 0 Å². The molecule has 1 N–H and O–H groups in total. The number of rotatable bonds is 8. The van der Waals surface area contributed by atoms with E-state index in [1.807, 2.05) is 25.1 Å². The van der Waals surface area contributed by atoms with Gasteiger partial charge in [-0.3, -0.25) is 15.0 Å². The molecule has 1 amide bonds. The molecule has 0 radical (unpaired) electrons. The summed E-state index contributed by atoms with van der Waals surface area (Å²) < 4.78 is 2.15. The molecule has 1 fully saturated rings. The van der Waals surface area contributed by atoms with Crippen molar-refractivity contribution >= 4 is 22.9 Å². The Morgan fingerprint density at radius 1 is 1.14 bits per heavy atom. The normalized spacial score (nSPS) is 17.0. The number of hydrogen-bond donors (Lipinski definition) is 1. The summed E-state index contributed by atoms with van der Waals surface area (Å²) in [5, 5.41) is 3.13. The van der Waals surface area contributed by atoms with Gasteiger partial charge in [-0.15, -0.1) is 0 Å². The maximum absolute atomic E-state index is 13.0. The first-order chi connectivity index (χ1) is 13.6. The monoisotopic (exact) mass is 385 g/mol. The van der Waals surface area contributed by atoms with Crippen molar-refractivity contribution in [2.24, 2.45) is 0 Å². The van der Waals surface area contributed by atoms with E-state index in [0.717, 1.165) is 50.3 Å². The van der Waals surface area contributed by atoms with Crippen molar-refractivity contribution < 1.29 is 4.79 Å². The lowest BCUT2D eigenvalue weighted by molar-refractivity contribution is -0.120. The summed E-state index contributed by atoms with van der Waals surface area (Å²) >= 11 is 0. The summed E-state index contributed by atoms with van der Waals surface area (Å²) in [4.78, 5) is 22.4. The van der Waals surface area contributed by atoms with E-state index in [2.05, 4.69) is 39.6 Å². The van der Waals surface area contributed by atoms with Crippen molar-refractivity contribution in [1.29, 1.82) is 0 Å². The topological polar surface area (TPSA) is 53.4 Å². The highest BCUT2D eigenvalue weighted by molar-refractivity contribution is 5.94. The lowest BCUT2D eigenvalue weighted by atomic mass is 10.2. The van der Waals surface area contributed by atoms with Crippen molar-refractivity contribution in [2.75, 3.05) is 38.0 Å². The van der Waals surface area contributed by atoms with Crippen LogP contribution >= 0.6 is 0 Å². The Hall–Kier alpha value is -1.92. The van der Waals surface area contributed by atoms with Gasteiger partial charge in [-0.1, -0.05) is 38.8 Å². The molecule has 6 heteroatoms. The Balaban J connectivity index is 1.77. The second-order valence-electron chi connectivity index (χ2n) is 7.72. The number of likely N-dealkylation sites (N-methyl/N-ethyl adjacent to an activating group) is 1. The molecule has 0 aliphatic carbocycles. The lowest BCUT2D eigenvalue weighted by Crippen LogP contribution is -2.43. The Morgan fingerprint density at radius 2 is 1.82 bits per heavy atom. The maximum Gasteiger partial charge on any atom is 0.243 e. The highest BCUT2D eigenvalue weighted by atomic mass is 16.2. The number of carbonyl (C=O) groups is 1. The van der Waals surface area contributed by atoms with Crippen LogP contribution in [0.5, 0.6) is 0 Å². The van der Waals surface area contributed by atoms with Crippen molar-refractivity contribution in [3.8, 4) is 0 Å². The molecule has 28 heavy (non-hydrogen) atoms. The van der Waals surface area contributed by atoms with Gasteiger partial charge in [0.15, 0.2) is 0 Å². The number of benzene rings is 1. The summed E-state index contributed by atoms with van der Waals surface area (Å²) in [7, 11) is 0. The number of hydrogen-bond acceptors (Lipinski definition) is 4. The van der Waals surface area contributed by atoms with Gasteiger partial charge in [0.25, 0.3) is 0 Å². The number of imidazole rings is 1. The van der Waals surface area contributed by atoms with Crippen LogP contribution in [0.1, 0.15) is 46.5 Å². The number of aromatic nitrogens is 2.